The molecule has 0 saturated carbocycles. The van der Waals surface area contributed by atoms with E-state index in [9.17, 15) is 9.90 Å². The summed E-state index contributed by atoms with van der Waals surface area (Å²) in [7, 11) is 0. The number of carboxylic acids is 1. The highest BCUT2D eigenvalue weighted by Gasteiger charge is 2.26. The van der Waals surface area contributed by atoms with Crippen molar-refractivity contribution in [3.63, 3.8) is 0 Å². The van der Waals surface area contributed by atoms with Crippen LogP contribution in [0.25, 0.3) is 0 Å². The first kappa shape index (κ1) is 12.6. The Balaban J connectivity index is 2.07. The van der Waals surface area contributed by atoms with Crippen LogP contribution in [0, 0.1) is 0 Å². The zero-order valence-corrected chi connectivity index (χ0v) is 10.9. The fraction of sp³-hybridized carbons (Fsp3) is 0.615. The minimum Gasteiger partial charge on any atom is -0.480 e. The van der Waals surface area contributed by atoms with Crippen LogP contribution in [-0.2, 0) is 11.2 Å². The summed E-state index contributed by atoms with van der Waals surface area (Å²) in [5.74, 6) is -0.728. The molecule has 2 unspecified atom stereocenters. The highest BCUT2D eigenvalue weighted by Crippen LogP contribution is 2.33. The molecule has 1 heterocycles. The second kappa shape index (κ2) is 5.65. The first-order valence-corrected chi connectivity index (χ1v) is 7.15. The van der Waals surface area contributed by atoms with E-state index in [4.69, 9.17) is 0 Å². The van der Waals surface area contributed by atoms with Crippen LogP contribution in [0.5, 0.6) is 0 Å². The number of hydrogen-bond acceptors (Lipinski definition) is 3. The highest BCUT2D eigenvalue weighted by molar-refractivity contribution is 7.10. The number of aryl methyl sites for hydroxylation is 1. The van der Waals surface area contributed by atoms with E-state index in [1.54, 1.807) is 11.3 Å². The molecule has 3 nitrogen and oxygen atoms in total. The van der Waals surface area contributed by atoms with Crippen LogP contribution in [-0.4, -0.2) is 17.1 Å². The van der Waals surface area contributed by atoms with Gasteiger partial charge in [-0.3, -0.25) is 10.1 Å². The first-order chi connectivity index (χ1) is 8.22. The van der Waals surface area contributed by atoms with Crippen molar-refractivity contribution in [1.29, 1.82) is 0 Å². The van der Waals surface area contributed by atoms with Crippen molar-refractivity contribution in [3.8, 4) is 0 Å². The van der Waals surface area contributed by atoms with Crippen molar-refractivity contribution in [2.75, 3.05) is 0 Å². The fourth-order valence-electron chi connectivity index (χ4n) is 2.47. The van der Waals surface area contributed by atoms with Crippen molar-refractivity contribution in [1.82, 2.24) is 5.32 Å². The molecule has 1 aliphatic carbocycles. The Hall–Kier alpha value is -0.870. The standard InChI is InChI=1S/C13H19NO2S/c1-2-4-11(13(15)16)14-10-5-3-6-12-9(10)7-8-17-12/h7-8,10-11,14H,2-6H2,1H3,(H,15,16). The zero-order chi connectivity index (χ0) is 12.3. The third-order valence-electron chi connectivity index (χ3n) is 3.33. The van der Waals surface area contributed by atoms with Crippen LogP contribution in [0.1, 0.15) is 49.1 Å². The number of rotatable bonds is 5. The predicted octanol–water partition coefficient (Wildman–Crippen LogP) is 2.97. The molecule has 0 fully saturated rings. The van der Waals surface area contributed by atoms with Gasteiger partial charge in [-0.2, -0.15) is 0 Å². The van der Waals surface area contributed by atoms with Gasteiger partial charge in [-0.05, 0) is 42.7 Å². The minimum atomic E-state index is -0.728. The van der Waals surface area contributed by atoms with E-state index < -0.39 is 12.0 Å². The van der Waals surface area contributed by atoms with Crippen molar-refractivity contribution in [2.45, 2.75) is 51.1 Å². The van der Waals surface area contributed by atoms with Gasteiger partial charge in [0.25, 0.3) is 0 Å². The summed E-state index contributed by atoms with van der Waals surface area (Å²) in [5, 5.41) is 14.6. The Morgan fingerprint density at radius 2 is 2.53 bits per heavy atom. The second-order valence-electron chi connectivity index (χ2n) is 4.59. The van der Waals surface area contributed by atoms with Crippen LogP contribution < -0.4 is 5.32 Å². The van der Waals surface area contributed by atoms with Gasteiger partial charge in [-0.25, -0.2) is 0 Å². The lowest BCUT2D eigenvalue weighted by atomic mass is 9.93. The molecule has 94 valence electrons. The Bertz CT molecular complexity index is 389. The lowest BCUT2D eigenvalue weighted by molar-refractivity contribution is -0.140. The number of hydrogen-bond donors (Lipinski definition) is 2. The number of aliphatic carboxylic acids is 1. The van der Waals surface area contributed by atoms with Gasteiger partial charge in [0.2, 0.25) is 0 Å². The van der Waals surface area contributed by atoms with E-state index in [-0.39, 0.29) is 6.04 Å². The fourth-order valence-corrected chi connectivity index (χ4v) is 3.46. The normalized spacial score (nSPS) is 20.9. The van der Waals surface area contributed by atoms with E-state index in [1.807, 2.05) is 6.92 Å². The molecule has 0 aromatic carbocycles. The van der Waals surface area contributed by atoms with Gasteiger partial charge in [0.15, 0.2) is 0 Å². The molecule has 2 rings (SSSR count). The molecule has 0 bridgehead atoms. The van der Waals surface area contributed by atoms with Crippen molar-refractivity contribution < 1.29 is 9.90 Å². The molecule has 1 aromatic rings. The summed E-state index contributed by atoms with van der Waals surface area (Å²) in [6.07, 6.45) is 4.95. The van der Waals surface area contributed by atoms with Crippen molar-refractivity contribution in [3.05, 3.63) is 21.9 Å². The van der Waals surface area contributed by atoms with Gasteiger partial charge in [-0.15, -0.1) is 11.3 Å². The molecule has 1 aliphatic rings. The third-order valence-corrected chi connectivity index (χ3v) is 4.33. The van der Waals surface area contributed by atoms with E-state index in [2.05, 4.69) is 16.8 Å². The van der Waals surface area contributed by atoms with E-state index in [0.717, 1.165) is 25.7 Å². The maximum absolute atomic E-state index is 11.2. The molecule has 1 aromatic heterocycles. The molecule has 4 heteroatoms. The number of fused-ring (bicyclic) bond motifs is 1. The molecule has 0 saturated heterocycles. The largest absolute Gasteiger partial charge is 0.480 e. The summed E-state index contributed by atoms with van der Waals surface area (Å²) in [6, 6.07) is 1.97. The molecular formula is C13H19NO2S. The number of carboxylic acid groups (broad SMARTS) is 1. The third kappa shape index (κ3) is 2.87. The van der Waals surface area contributed by atoms with Crippen LogP contribution in [0.15, 0.2) is 11.4 Å². The van der Waals surface area contributed by atoms with Crippen LogP contribution in [0.4, 0.5) is 0 Å². The summed E-state index contributed by atoms with van der Waals surface area (Å²) in [5.41, 5.74) is 1.32. The predicted molar refractivity (Wildman–Crippen MR) is 69.5 cm³/mol. The van der Waals surface area contributed by atoms with E-state index in [1.165, 1.54) is 10.4 Å². The highest BCUT2D eigenvalue weighted by atomic mass is 32.1. The molecule has 2 N–H and O–H groups in total. The average molecular weight is 253 g/mol. The lowest BCUT2D eigenvalue weighted by Crippen LogP contribution is -2.39. The number of carbonyl (C=O) groups is 1. The maximum atomic E-state index is 11.2. The SMILES string of the molecule is CCCC(NC1CCCc2sccc21)C(=O)O. The van der Waals surface area contributed by atoms with Gasteiger partial charge in [0.1, 0.15) is 6.04 Å². The van der Waals surface area contributed by atoms with E-state index >= 15 is 0 Å². The molecule has 17 heavy (non-hydrogen) atoms. The molecule has 0 amide bonds. The van der Waals surface area contributed by atoms with Crippen molar-refractivity contribution >= 4 is 17.3 Å². The Labute approximate surface area is 106 Å². The Morgan fingerprint density at radius 1 is 1.71 bits per heavy atom. The molecular weight excluding hydrogens is 234 g/mol. The molecule has 0 spiro atoms. The molecule has 0 radical (unpaired) electrons. The molecule has 0 aliphatic heterocycles. The number of thiophene rings is 1. The summed E-state index contributed by atoms with van der Waals surface area (Å²) in [6.45, 7) is 2.02. The Kier molecular flexibility index (Phi) is 4.18. The summed E-state index contributed by atoms with van der Waals surface area (Å²) in [4.78, 5) is 12.6. The van der Waals surface area contributed by atoms with Gasteiger partial charge in [0, 0.05) is 10.9 Å². The van der Waals surface area contributed by atoms with Gasteiger partial charge >= 0.3 is 5.97 Å². The van der Waals surface area contributed by atoms with Crippen LogP contribution in [0.3, 0.4) is 0 Å². The maximum Gasteiger partial charge on any atom is 0.320 e. The quantitative estimate of drug-likeness (QED) is 0.848. The van der Waals surface area contributed by atoms with Gasteiger partial charge in [0.05, 0.1) is 0 Å². The van der Waals surface area contributed by atoms with Crippen LogP contribution in [0.2, 0.25) is 0 Å². The zero-order valence-electron chi connectivity index (χ0n) is 10.1. The second-order valence-corrected chi connectivity index (χ2v) is 5.59. The monoisotopic (exact) mass is 253 g/mol. The van der Waals surface area contributed by atoms with Gasteiger partial charge < -0.3 is 5.11 Å². The number of nitrogens with one attached hydrogen (secondary N) is 1. The first-order valence-electron chi connectivity index (χ1n) is 6.27. The topological polar surface area (TPSA) is 49.3 Å². The summed E-state index contributed by atoms with van der Waals surface area (Å²) >= 11 is 1.79. The lowest BCUT2D eigenvalue weighted by Gasteiger charge is -2.27. The minimum absolute atomic E-state index is 0.234. The van der Waals surface area contributed by atoms with Gasteiger partial charge in [-0.1, -0.05) is 13.3 Å². The molecule has 2 atom stereocenters. The average Bonchev–Trinajstić information content (AvgIpc) is 2.77. The Morgan fingerprint density at radius 3 is 3.24 bits per heavy atom. The summed E-state index contributed by atoms with van der Waals surface area (Å²) < 4.78 is 0. The van der Waals surface area contributed by atoms with E-state index in [0.29, 0.717) is 6.42 Å². The van der Waals surface area contributed by atoms with Crippen molar-refractivity contribution in [2.24, 2.45) is 0 Å². The smallest absolute Gasteiger partial charge is 0.320 e. The van der Waals surface area contributed by atoms with Crippen LogP contribution >= 0.6 is 11.3 Å².